The normalized spacial score (nSPS) is 14.9. The van der Waals surface area contributed by atoms with Crippen LogP contribution in [0.1, 0.15) is 16.1 Å². The largest absolute Gasteiger partial charge is 0.379 e. The number of ether oxygens (including phenoxy) is 1. The average molecular weight is 409 g/mol. The number of morpholine rings is 1. The third-order valence-corrected chi connectivity index (χ3v) is 5.52. The van der Waals surface area contributed by atoms with Crippen molar-refractivity contribution in [2.24, 2.45) is 0 Å². The minimum Gasteiger partial charge on any atom is -0.379 e. The third-order valence-electron chi connectivity index (χ3n) is 4.48. The highest BCUT2D eigenvalue weighted by molar-refractivity contribution is 7.22. The van der Waals surface area contributed by atoms with Crippen LogP contribution < -0.4 is 4.90 Å². The molecule has 1 saturated heterocycles. The van der Waals surface area contributed by atoms with Crippen molar-refractivity contribution in [1.82, 2.24) is 15.0 Å². The molecule has 0 bridgehead atoms. The van der Waals surface area contributed by atoms with E-state index in [9.17, 15) is 4.79 Å². The van der Waals surface area contributed by atoms with Crippen LogP contribution in [0, 0.1) is 6.92 Å². The first-order valence-corrected chi connectivity index (χ1v) is 9.43. The highest BCUT2D eigenvalue weighted by Crippen LogP contribution is 2.31. The van der Waals surface area contributed by atoms with Crippen molar-refractivity contribution in [2.75, 3.05) is 44.3 Å². The number of aryl methyl sites for hydroxylation is 1. The Morgan fingerprint density at radius 3 is 2.81 bits per heavy atom. The van der Waals surface area contributed by atoms with Crippen LogP contribution in [0.25, 0.3) is 10.2 Å². The molecule has 0 radical (unpaired) electrons. The van der Waals surface area contributed by atoms with Gasteiger partial charge in [-0.25, -0.2) is 4.98 Å². The number of aromatic nitrogens is 2. The molecular weight excluding hydrogens is 388 g/mol. The molecule has 3 heterocycles. The molecule has 27 heavy (non-hydrogen) atoms. The fourth-order valence-electron chi connectivity index (χ4n) is 3.00. The van der Waals surface area contributed by atoms with Crippen LogP contribution in [0.2, 0.25) is 0 Å². The summed E-state index contributed by atoms with van der Waals surface area (Å²) in [6.07, 6.45) is 1.48. The van der Waals surface area contributed by atoms with Crippen LogP contribution in [0.4, 0.5) is 5.13 Å². The maximum atomic E-state index is 13.0. The Morgan fingerprint density at radius 2 is 2.11 bits per heavy atom. The first kappa shape index (κ1) is 19.8. The van der Waals surface area contributed by atoms with Crippen molar-refractivity contribution in [3.8, 4) is 0 Å². The molecule has 0 atom stereocenters. The fraction of sp³-hybridized carbons (Fsp3) is 0.389. The fourth-order valence-corrected chi connectivity index (χ4v) is 4.07. The van der Waals surface area contributed by atoms with E-state index in [1.54, 1.807) is 11.0 Å². The van der Waals surface area contributed by atoms with Crippen LogP contribution in [0.3, 0.4) is 0 Å². The van der Waals surface area contributed by atoms with Gasteiger partial charge < -0.3 is 9.26 Å². The second-order valence-electron chi connectivity index (χ2n) is 6.21. The summed E-state index contributed by atoms with van der Waals surface area (Å²) in [6, 6.07) is 7.66. The Morgan fingerprint density at radius 1 is 1.30 bits per heavy atom. The van der Waals surface area contributed by atoms with Crippen molar-refractivity contribution in [1.29, 1.82) is 0 Å². The molecule has 144 valence electrons. The number of hydrogen-bond acceptors (Lipinski definition) is 7. The zero-order valence-corrected chi connectivity index (χ0v) is 16.6. The molecule has 1 aliphatic heterocycles. The number of fused-ring (bicyclic) bond motifs is 1. The standard InChI is InChI=1S/C18H20N4O3S.ClH/c1-13-3-2-4-15-16(13)20-18(26-15)22(17(23)14-5-6-19-25-14)8-7-21-9-11-24-12-10-21;/h2-6H,7-12H2,1H3;1H. The number of anilines is 1. The van der Waals surface area contributed by atoms with Gasteiger partial charge in [-0.3, -0.25) is 14.6 Å². The Kier molecular flexibility index (Phi) is 6.43. The van der Waals surface area contributed by atoms with Crippen molar-refractivity contribution in [2.45, 2.75) is 6.92 Å². The monoisotopic (exact) mass is 408 g/mol. The molecule has 1 amide bonds. The molecule has 0 N–H and O–H groups in total. The van der Waals surface area contributed by atoms with Gasteiger partial charge in [0.2, 0.25) is 5.76 Å². The number of para-hydroxylation sites is 1. The Bertz CT molecular complexity index is 893. The maximum Gasteiger partial charge on any atom is 0.298 e. The second-order valence-corrected chi connectivity index (χ2v) is 7.21. The first-order chi connectivity index (χ1) is 12.7. The zero-order valence-electron chi connectivity index (χ0n) is 15.0. The third kappa shape index (κ3) is 4.30. The van der Waals surface area contributed by atoms with E-state index in [1.165, 1.54) is 17.5 Å². The predicted molar refractivity (Wildman–Crippen MR) is 107 cm³/mol. The molecule has 1 aliphatic rings. The number of rotatable bonds is 5. The van der Waals surface area contributed by atoms with Crippen LogP contribution in [0.15, 0.2) is 35.0 Å². The van der Waals surface area contributed by atoms with Gasteiger partial charge in [0, 0.05) is 32.2 Å². The van der Waals surface area contributed by atoms with Gasteiger partial charge in [-0.15, -0.1) is 12.4 Å². The summed E-state index contributed by atoms with van der Waals surface area (Å²) in [4.78, 5) is 21.7. The van der Waals surface area contributed by atoms with Crippen LogP contribution in [-0.4, -0.2) is 60.3 Å². The van der Waals surface area contributed by atoms with Gasteiger partial charge in [0.25, 0.3) is 5.91 Å². The number of thiazole rings is 1. The molecule has 7 nitrogen and oxygen atoms in total. The molecule has 0 saturated carbocycles. The number of halogens is 1. The van der Waals surface area contributed by atoms with Crippen molar-refractivity contribution in [3.05, 3.63) is 41.8 Å². The predicted octanol–water partition coefficient (Wildman–Crippen LogP) is 2.99. The minimum atomic E-state index is -0.215. The number of carbonyl (C=O) groups is 1. The van der Waals surface area contributed by atoms with E-state index >= 15 is 0 Å². The summed E-state index contributed by atoms with van der Waals surface area (Å²) in [5, 5.41) is 4.34. The molecule has 0 unspecified atom stereocenters. The van der Waals surface area contributed by atoms with E-state index < -0.39 is 0 Å². The van der Waals surface area contributed by atoms with Gasteiger partial charge in [0.1, 0.15) is 0 Å². The number of carbonyl (C=O) groups excluding carboxylic acids is 1. The lowest BCUT2D eigenvalue weighted by molar-refractivity contribution is 0.0390. The van der Waals surface area contributed by atoms with E-state index in [-0.39, 0.29) is 24.1 Å². The molecule has 0 aliphatic carbocycles. The second kappa shape index (κ2) is 8.79. The smallest absolute Gasteiger partial charge is 0.298 e. The van der Waals surface area contributed by atoms with Gasteiger partial charge in [-0.05, 0) is 18.6 Å². The molecule has 2 aromatic heterocycles. The molecule has 4 rings (SSSR count). The number of hydrogen-bond donors (Lipinski definition) is 0. The van der Waals surface area contributed by atoms with Crippen molar-refractivity contribution >= 4 is 45.0 Å². The van der Waals surface area contributed by atoms with Gasteiger partial charge in [0.05, 0.1) is 29.6 Å². The molecule has 1 fully saturated rings. The van der Waals surface area contributed by atoms with E-state index in [0.717, 1.165) is 48.6 Å². The lowest BCUT2D eigenvalue weighted by Gasteiger charge is -2.28. The number of amides is 1. The number of nitrogens with zero attached hydrogens (tertiary/aromatic N) is 4. The van der Waals surface area contributed by atoms with Crippen LogP contribution in [-0.2, 0) is 4.74 Å². The summed E-state index contributed by atoms with van der Waals surface area (Å²) in [5.74, 6) is 0.00965. The van der Waals surface area contributed by atoms with Gasteiger partial charge >= 0.3 is 0 Å². The highest BCUT2D eigenvalue weighted by Gasteiger charge is 2.25. The molecule has 3 aromatic rings. The average Bonchev–Trinajstić information content (AvgIpc) is 3.33. The Balaban J connectivity index is 0.00000210. The first-order valence-electron chi connectivity index (χ1n) is 8.61. The summed E-state index contributed by atoms with van der Waals surface area (Å²) in [6.45, 7) is 6.55. The Labute approximate surface area is 167 Å². The van der Waals surface area contributed by atoms with Crippen LogP contribution in [0.5, 0.6) is 0 Å². The lowest BCUT2D eigenvalue weighted by Crippen LogP contribution is -2.43. The van der Waals surface area contributed by atoms with Crippen molar-refractivity contribution in [3.63, 3.8) is 0 Å². The topological polar surface area (TPSA) is 71.7 Å². The molecule has 0 spiro atoms. The lowest BCUT2D eigenvalue weighted by atomic mass is 10.2. The number of benzene rings is 1. The van der Waals surface area contributed by atoms with Crippen LogP contribution >= 0.6 is 23.7 Å². The van der Waals surface area contributed by atoms with Gasteiger partial charge in [-0.1, -0.05) is 28.6 Å². The van der Waals surface area contributed by atoms with E-state index in [1.807, 2.05) is 25.1 Å². The summed E-state index contributed by atoms with van der Waals surface area (Å²) in [7, 11) is 0. The molecular formula is C18H21ClN4O3S. The van der Waals surface area contributed by atoms with Gasteiger partial charge in [0.15, 0.2) is 5.13 Å². The molecule has 1 aromatic carbocycles. The molecule has 9 heteroatoms. The Hall–Kier alpha value is -2.00. The SMILES string of the molecule is Cc1cccc2sc(N(CCN3CCOCC3)C(=O)c3ccno3)nc12.Cl. The highest BCUT2D eigenvalue weighted by atomic mass is 35.5. The minimum absolute atomic E-state index is 0. The quantitative estimate of drug-likeness (QED) is 0.646. The van der Waals surface area contributed by atoms with Gasteiger partial charge in [-0.2, -0.15) is 0 Å². The van der Waals surface area contributed by atoms with E-state index in [0.29, 0.717) is 11.7 Å². The van der Waals surface area contributed by atoms with E-state index in [4.69, 9.17) is 14.2 Å². The van der Waals surface area contributed by atoms with E-state index in [2.05, 4.69) is 10.1 Å². The zero-order chi connectivity index (χ0) is 17.9. The maximum absolute atomic E-state index is 13.0. The summed E-state index contributed by atoms with van der Waals surface area (Å²) in [5.41, 5.74) is 2.04. The van der Waals surface area contributed by atoms with Crippen molar-refractivity contribution < 1.29 is 14.1 Å². The summed E-state index contributed by atoms with van der Waals surface area (Å²) < 4.78 is 11.6. The summed E-state index contributed by atoms with van der Waals surface area (Å²) >= 11 is 1.52.